The van der Waals surface area contributed by atoms with E-state index in [2.05, 4.69) is 5.32 Å². The largest absolute Gasteiger partial charge is 0.313 e. The molecule has 1 N–H and O–H groups in total. The normalized spacial score (nSPS) is 18.9. The van der Waals surface area contributed by atoms with Gasteiger partial charge in [0.05, 0.1) is 5.75 Å². The Hall–Kier alpha value is -0.130. The third-order valence-electron chi connectivity index (χ3n) is 2.38. The van der Waals surface area contributed by atoms with E-state index in [1.54, 1.807) is 4.31 Å². The number of sulfonamides is 1. The lowest BCUT2D eigenvalue weighted by Gasteiger charge is -2.36. The van der Waals surface area contributed by atoms with E-state index < -0.39 is 10.0 Å². The highest BCUT2D eigenvalue weighted by Gasteiger charge is 2.32. The second kappa shape index (κ2) is 4.59. The Bertz CT molecular complexity index is 271. The molecular formula is C9H20N2O2S. The molecule has 0 radical (unpaired) electrons. The number of nitrogens with one attached hydrogen (secondary N) is 1. The first-order chi connectivity index (χ1) is 6.47. The van der Waals surface area contributed by atoms with Crippen LogP contribution in [0.3, 0.4) is 0 Å². The molecule has 0 unspecified atom stereocenters. The average Bonchev–Trinajstić information content (AvgIpc) is 1.92. The lowest BCUT2D eigenvalue weighted by molar-refractivity contribution is 0.249. The van der Waals surface area contributed by atoms with Gasteiger partial charge in [0.1, 0.15) is 0 Å². The summed E-state index contributed by atoms with van der Waals surface area (Å²) in [7, 11) is -3.04. The van der Waals surface area contributed by atoms with Gasteiger partial charge in [-0.05, 0) is 5.92 Å². The van der Waals surface area contributed by atoms with Crippen LogP contribution in [-0.4, -0.2) is 44.2 Å². The Morgan fingerprint density at radius 2 is 2.00 bits per heavy atom. The summed E-state index contributed by atoms with van der Waals surface area (Å²) in [6.07, 6.45) is 0. The Morgan fingerprint density at radius 3 is 2.29 bits per heavy atom. The molecule has 0 spiro atoms. The van der Waals surface area contributed by atoms with Crippen molar-refractivity contribution in [3.8, 4) is 0 Å². The molecule has 1 heterocycles. The molecular weight excluding hydrogens is 200 g/mol. The fraction of sp³-hybridized carbons (Fsp3) is 1.00. The second-order valence-corrected chi connectivity index (χ2v) is 6.15. The summed E-state index contributed by atoms with van der Waals surface area (Å²) >= 11 is 0. The maximum absolute atomic E-state index is 11.9. The van der Waals surface area contributed by atoms with Crippen LogP contribution in [0.2, 0.25) is 0 Å². The van der Waals surface area contributed by atoms with Crippen molar-refractivity contribution in [1.82, 2.24) is 9.62 Å². The highest BCUT2D eigenvalue weighted by molar-refractivity contribution is 7.89. The van der Waals surface area contributed by atoms with Crippen molar-refractivity contribution in [2.45, 2.75) is 26.8 Å². The molecule has 1 aliphatic heterocycles. The number of hydrogen-bond acceptors (Lipinski definition) is 3. The van der Waals surface area contributed by atoms with Gasteiger partial charge in [-0.1, -0.05) is 20.8 Å². The first-order valence-electron chi connectivity index (χ1n) is 5.17. The molecule has 0 aromatic heterocycles. The molecule has 0 aromatic carbocycles. The quantitative estimate of drug-likeness (QED) is 0.723. The van der Waals surface area contributed by atoms with E-state index in [1.807, 2.05) is 20.8 Å². The van der Waals surface area contributed by atoms with Crippen LogP contribution in [0.5, 0.6) is 0 Å². The zero-order valence-corrected chi connectivity index (χ0v) is 9.97. The van der Waals surface area contributed by atoms with Crippen LogP contribution < -0.4 is 5.32 Å². The minimum Gasteiger partial charge on any atom is -0.313 e. The topological polar surface area (TPSA) is 49.4 Å². The van der Waals surface area contributed by atoms with E-state index in [1.165, 1.54) is 0 Å². The predicted octanol–water partition coefficient (Wildman–Crippen LogP) is 0.266. The van der Waals surface area contributed by atoms with Crippen LogP contribution in [-0.2, 0) is 10.0 Å². The van der Waals surface area contributed by atoms with Gasteiger partial charge in [0.2, 0.25) is 10.0 Å². The van der Waals surface area contributed by atoms with Gasteiger partial charge >= 0.3 is 0 Å². The van der Waals surface area contributed by atoms with E-state index >= 15 is 0 Å². The lowest BCUT2D eigenvalue weighted by atomic mass is 10.2. The zero-order valence-electron chi connectivity index (χ0n) is 9.16. The molecule has 14 heavy (non-hydrogen) atoms. The number of hydrogen-bond donors (Lipinski definition) is 1. The molecule has 4 nitrogen and oxygen atoms in total. The van der Waals surface area contributed by atoms with Crippen LogP contribution in [0.25, 0.3) is 0 Å². The fourth-order valence-electron chi connectivity index (χ4n) is 1.68. The first kappa shape index (κ1) is 11.9. The van der Waals surface area contributed by atoms with Gasteiger partial charge in [0, 0.05) is 25.7 Å². The molecule has 1 aliphatic rings. The van der Waals surface area contributed by atoms with Crippen molar-refractivity contribution in [3.63, 3.8) is 0 Å². The summed E-state index contributed by atoms with van der Waals surface area (Å²) in [4.78, 5) is 0. The Kier molecular flexibility index (Phi) is 3.92. The molecule has 0 amide bonds. The van der Waals surface area contributed by atoms with Crippen molar-refractivity contribution < 1.29 is 8.42 Å². The van der Waals surface area contributed by atoms with Gasteiger partial charge in [0.25, 0.3) is 0 Å². The van der Waals surface area contributed by atoms with E-state index in [0.29, 0.717) is 6.54 Å². The van der Waals surface area contributed by atoms with E-state index in [0.717, 1.165) is 13.1 Å². The van der Waals surface area contributed by atoms with Crippen molar-refractivity contribution in [3.05, 3.63) is 0 Å². The maximum atomic E-state index is 11.9. The number of nitrogens with zero attached hydrogens (tertiary/aromatic N) is 1. The van der Waals surface area contributed by atoms with Crippen molar-refractivity contribution in [2.24, 2.45) is 5.92 Å². The zero-order chi connectivity index (χ0) is 10.8. The molecule has 1 saturated heterocycles. The minimum absolute atomic E-state index is 0.184. The molecule has 0 atom stereocenters. The van der Waals surface area contributed by atoms with Gasteiger partial charge in [-0.2, -0.15) is 4.31 Å². The molecule has 84 valence electrons. The summed E-state index contributed by atoms with van der Waals surface area (Å²) in [6, 6.07) is 0.184. The van der Waals surface area contributed by atoms with Crippen LogP contribution >= 0.6 is 0 Å². The van der Waals surface area contributed by atoms with Crippen LogP contribution in [0.15, 0.2) is 0 Å². The van der Waals surface area contributed by atoms with Crippen molar-refractivity contribution in [2.75, 3.05) is 25.4 Å². The van der Waals surface area contributed by atoms with Gasteiger partial charge in [-0.25, -0.2) is 8.42 Å². The molecule has 1 fully saturated rings. The lowest BCUT2D eigenvalue weighted by Crippen LogP contribution is -2.59. The Morgan fingerprint density at radius 1 is 1.43 bits per heavy atom. The second-order valence-electron chi connectivity index (χ2n) is 4.19. The molecule has 0 aliphatic carbocycles. The van der Waals surface area contributed by atoms with E-state index in [-0.39, 0.29) is 17.7 Å². The summed E-state index contributed by atoms with van der Waals surface area (Å²) in [5, 5.41) is 3.10. The third-order valence-corrected chi connectivity index (χ3v) is 4.74. The average molecular weight is 220 g/mol. The van der Waals surface area contributed by atoms with Gasteiger partial charge < -0.3 is 5.32 Å². The molecule has 1 rings (SSSR count). The van der Waals surface area contributed by atoms with E-state index in [9.17, 15) is 8.42 Å². The highest BCUT2D eigenvalue weighted by Crippen LogP contribution is 2.13. The van der Waals surface area contributed by atoms with Gasteiger partial charge in [-0.3, -0.25) is 0 Å². The monoisotopic (exact) mass is 220 g/mol. The van der Waals surface area contributed by atoms with Gasteiger partial charge in [0.15, 0.2) is 0 Å². The van der Waals surface area contributed by atoms with Crippen LogP contribution in [0.1, 0.15) is 20.8 Å². The number of rotatable bonds is 5. The fourth-order valence-corrected chi connectivity index (χ4v) is 3.71. The summed E-state index contributed by atoms with van der Waals surface area (Å²) in [5.41, 5.74) is 0. The van der Waals surface area contributed by atoms with Crippen molar-refractivity contribution >= 4 is 10.0 Å². The van der Waals surface area contributed by atoms with Crippen LogP contribution in [0, 0.1) is 5.92 Å². The van der Waals surface area contributed by atoms with Crippen LogP contribution in [0.4, 0.5) is 0 Å². The summed E-state index contributed by atoms with van der Waals surface area (Å²) in [5.74, 6) is 0.458. The predicted molar refractivity (Wildman–Crippen MR) is 57.7 cm³/mol. The first-order valence-corrected chi connectivity index (χ1v) is 6.78. The Labute approximate surface area is 86.7 Å². The Balaban J connectivity index is 2.66. The summed E-state index contributed by atoms with van der Waals surface area (Å²) in [6.45, 7) is 7.95. The third kappa shape index (κ3) is 2.68. The van der Waals surface area contributed by atoms with E-state index in [4.69, 9.17) is 0 Å². The molecule has 0 saturated carbocycles. The van der Waals surface area contributed by atoms with Gasteiger partial charge in [-0.15, -0.1) is 0 Å². The summed E-state index contributed by atoms with van der Waals surface area (Å²) < 4.78 is 25.4. The standard InChI is InChI=1S/C9H20N2O2S/c1-4-11(9-5-10-6-9)14(12,13)7-8(2)3/h8-10H,4-7H2,1-3H3. The molecule has 0 aromatic rings. The maximum Gasteiger partial charge on any atom is 0.214 e. The molecule has 5 heteroatoms. The minimum atomic E-state index is -3.04. The smallest absolute Gasteiger partial charge is 0.214 e. The van der Waals surface area contributed by atoms with Crippen molar-refractivity contribution in [1.29, 1.82) is 0 Å². The highest BCUT2D eigenvalue weighted by atomic mass is 32.2. The number of likely N-dealkylation sites (N-methyl/N-ethyl adjacent to an activating group) is 1. The molecule has 0 bridgehead atoms. The SMILES string of the molecule is CCN(C1CNC1)S(=O)(=O)CC(C)C.